The van der Waals surface area contributed by atoms with Crippen molar-refractivity contribution in [3.05, 3.63) is 199 Å². The fourth-order valence-corrected chi connectivity index (χ4v) is 11.0. The fraction of sp³-hybridized carbons (Fsp3) is 0. The Hall–Kier alpha value is -5.57. The Morgan fingerprint density at radius 1 is 0.422 bits per heavy atom. The van der Waals surface area contributed by atoms with Gasteiger partial charge in [0.1, 0.15) is 0 Å². The molecule has 0 radical (unpaired) electrons. The van der Waals surface area contributed by atoms with Gasteiger partial charge in [-0.2, -0.15) is 0 Å². The van der Waals surface area contributed by atoms with Crippen LogP contribution in [0.5, 0.6) is 0 Å². The van der Waals surface area contributed by atoms with Crippen LogP contribution in [0.25, 0.3) is 5.31 Å². The van der Waals surface area contributed by atoms with E-state index in [0.717, 1.165) is 26.8 Å². The van der Waals surface area contributed by atoms with Crippen molar-refractivity contribution in [1.82, 2.24) is 5.32 Å². The van der Waals surface area contributed by atoms with E-state index in [4.69, 9.17) is 0 Å². The van der Waals surface area contributed by atoms with Gasteiger partial charge in [0, 0.05) is 0 Å². The quantitative estimate of drug-likeness (QED) is 0.136. The average Bonchev–Trinajstić information content (AvgIpc) is 3.12. The van der Waals surface area contributed by atoms with Crippen LogP contribution in [0.1, 0.15) is 15.9 Å². The predicted octanol–water partition coefficient (Wildman–Crippen LogP) is 7.15. The average molecular weight is 605 g/mol. The van der Waals surface area contributed by atoms with Crippen LogP contribution in [0.3, 0.4) is 0 Å². The van der Waals surface area contributed by atoms with Gasteiger partial charge in [-0.25, -0.2) is 0 Å². The summed E-state index contributed by atoms with van der Waals surface area (Å²) in [5.41, 5.74) is 2.16. The van der Waals surface area contributed by atoms with Crippen LogP contribution in [0.2, 0.25) is 0 Å². The molecular weight excluding hydrogens is 571 g/mol. The monoisotopic (exact) mass is 604 g/mol. The third-order valence-corrected chi connectivity index (χ3v) is 12.7. The number of carbonyl (C=O) groups excluding carboxylic acids is 2. The Morgan fingerprint density at radius 3 is 1.20 bits per heavy atom. The molecule has 6 aromatic carbocycles. The molecule has 0 aliphatic heterocycles. The van der Waals surface area contributed by atoms with Crippen molar-refractivity contribution in [2.75, 3.05) is 5.32 Å². The van der Waals surface area contributed by atoms with Crippen LogP contribution >= 0.6 is 7.26 Å². The number of nitrogens with one attached hydrogen (secondary N) is 2. The van der Waals surface area contributed by atoms with E-state index >= 15 is 0 Å². The fourth-order valence-electron chi connectivity index (χ4n) is 5.87. The van der Waals surface area contributed by atoms with E-state index in [1.807, 2.05) is 133 Å². The normalized spacial score (nSPS) is 12.0. The molecule has 2 N–H and O–H groups in total. The molecule has 0 atom stereocenters. The first-order valence-electron chi connectivity index (χ1n) is 14.9. The minimum atomic E-state index is -3.30. The van der Waals surface area contributed by atoms with Crippen LogP contribution in [0.15, 0.2) is 188 Å². The number of benzene rings is 6. The molecule has 5 heteroatoms. The van der Waals surface area contributed by atoms with Gasteiger partial charge in [-0.15, -0.1) is 0 Å². The minimum absolute atomic E-state index is 0.210. The van der Waals surface area contributed by atoms with E-state index in [9.17, 15) is 9.59 Å². The molecule has 0 saturated carbocycles. The molecular formula is C40H33N2O2P. The predicted molar refractivity (Wildman–Crippen MR) is 189 cm³/mol. The zero-order valence-corrected chi connectivity index (χ0v) is 25.6. The molecule has 0 fully saturated rings. The number of amides is 2. The van der Waals surface area contributed by atoms with Gasteiger partial charge in [0.15, 0.2) is 0 Å². The zero-order chi connectivity index (χ0) is 30.9. The molecule has 220 valence electrons. The van der Waals surface area contributed by atoms with E-state index in [2.05, 4.69) is 47.0 Å². The maximum atomic E-state index is 14.7. The number of carbonyl (C=O) groups is 2. The molecule has 0 unspecified atom stereocenters. The number of anilines is 1. The number of para-hydroxylation sites is 1. The van der Waals surface area contributed by atoms with Crippen molar-refractivity contribution in [2.45, 2.75) is 0 Å². The summed E-state index contributed by atoms with van der Waals surface area (Å²) in [6, 6.07) is 59.4. The van der Waals surface area contributed by atoms with Crippen molar-refractivity contribution < 1.29 is 9.59 Å². The van der Waals surface area contributed by atoms with Crippen LogP contribution < -0.4 is 26.5 Å². The second-order valence-electron chi connectivity index (χ2n) is 10.6. The topological polar surface area (TPSA) is 58.2 Å². The number of hydrogen-bond acceptors (Lipinski definition) is 2. The zero-order valence-electron chi connectivity index (χ0n) is 24.6. The molecule has 6 aromatic rings. The van der Waals surface area contributed by atoms with Gasteiger partial charge in [0.25, 0.3) is 0 Å². The Labute approximate surface area is 264 Å². The van der Waals surface area contributed by atoms with Gasteiger partial charge in [0.2, 0.25) is 0 Å². The molecule has 0 aliphatic rings. The molecule has 4 nitrogen and oxygen atoms in total. The molecule has 2 amide bonds. The summed E-state index contributed by atoms with van der Waals surface area (Å²) in [6.07, 6.45) is 0. The second kappa shape index (κ2) is 13.8. The SMILES string of the molecule is O=C(Nc1ccccc1)/C(NC(=O)c1ccccc1)=C(\c1ccccc1)[PH](c1ccccc1)(c1ccccc1)c1ccccc1. The van der Waals surface area contributed by atoms with Crippen LogP contribution in [-0.2, 0) is 4.79 Å². The molecule has 6 rings (SSSR count). The van der Waals surface area contributed by atoms with Crippen molar-refractivity contribution in [3.8, 4) is 0 Å². The first-order valence-corrected chi connectivity index (χ1v) is 16.9. The van der Waals surface area contributed by atoms with Crippen LogP contribution in [-0.4, -0.2) is 11.8 Å². The third-order valence-electron chi connectivity index (χ3n) is 7.84. The summed E-state index contributed by atoms with van der Waals surface area (Å²) in [5, 5.41) is 10.2. The standard InChI is InChI=1S/C40H33N2O2P/c43-39(32-21-9-2-10-22-32)42-37(40(44)41-33-23-11-3-12-24-33)38(31-19-7-1-8-20-31)45(34-25-13-4-14-26-34,35-27-15-5-16-28-35)36-29-17-6-18-30-36/h1-30,45H,(H,41,44)(H,42,43)/b38-37-. The van der Waals surface area contributed by atoms with E-state index in [-0.39, 0.29) is 11.6 Å². The van der Waals surface area contributed by atoms with Crippen molar-refractivity contribution in [3.63, 3.8) is 0 Å². The van der Waals surface area contributed by atoms with Gasteiger partial charge >= 0.3 is 265 Å². The molecule has 45 heavy (non-hydrogen) atoms. The van der Waals surface area contributed by atoms with E-state index < -0.39 is 13.2 Å². The van der Waals surface area contributed by atoms with Gasteiger partial charge < -0.3 is 0 Å². The van der Waals surface area contributed by atoms with Crippen molar-refractivity contribution in [1.29, 1.82) is 0 Å². The van der Waals surface area contributed by atoms with E-state index in [0.29, 0.717) is 11.3 Å². The van der Waals surface area contributed by atoms with Crippen molar-refractivity contribution >= 4 is 46.0 Å². The Morgan fingerprint density at radius 2 is 0.778 bits per heavy atom. The van der Waals surface area contributed by atoms with Crippen LogP contribution in [0, 0.1) is 0 Å². The van der Waals surface area contributed by atoms with Gasteiger partial charge in [-0.1, -0.05) is 0 Å². The van der Waals surface area contributed by atoms with Gasteiger partial charge in [-0.3, -0.25) is 0 Å². The summed E-state index contributed by atoms with van der Waals surface area (Å²) in [4.78, 5) is 28.6. The summed E-state index contributed by atoms with van der Waals surface area (Å²) < 4.78 is 0. The number of rotatable bonds is 9. The Kier molecular flexibility index (Phi) is 9.06. The van der Waals surface area contributed by atoms with Crippen LogP contribution in [0.4, 0.5) is 5.69 Å². The molecule has 0 aromatic heterocycles. The summed E-state index contributed by atoms with van der Waals surface area (Å²) >= 11 is 0. The van der Waals surface area contributed by atoms with Crippen molar-refractivity contribution in [2.24, 2.45) is 0 Å². The molecule has 0 bridgehead atoms. The Balaban J connectivity index is 1.75. The second-order valence-corrected chi connectivity index (χ2v) is 14.3. The summed E-state index contributed by atoms with van der Waals surface area (Å²) in [7, 11) is -3.30. The van der Waals surface area contributed by atoms with E-state index in [1.165, 1.54) is 0 Å². The Bertz CT molecular complexity index is 1800. The van der Waals surface area contributed by atoms with Gasteiger partial charge in [0.05, 0.1) is 0 Å². The maximum absolute atomic E-state index is 14.7. The molecule has 0 heterocycles. The summed E-state index contributed by atoms with van der Waals surface area (Å²) in [6.45, 7) is 0. The molecule has 0 aliphatic carbocycles. The third kappa shape index (κ3) is 6.24. The summed E-state index contributed by atoms with van der Waals surface area (Å²) in [5.74, 6) is -0.761. The van der Waals surface area contributed by atoms with E-state index in [1.54, 1.807) is 12.1 Å². The first kappa shape index (κ1) is 29.5. The molecule has 0 spiro atoms. The number of hydrogen-bond donors (Lipinski definition) is 2. The first-order chi connectivity index (χ1) is 22.2. The molecule has 0 saturated heterocycles. The van der Waals surface area contributed by atoms with Gasteiger partial charge in [-0.05, 0) is 0 Å².